The van der Waals surface area contributed by atoms with Crippen molar-refractivity contribution >= 4 is 6.08 Å². The van der Waals surface area contributed by atoms with Crippen LogP contribution in [0.25, 0.3) is 6.08 Å². The molecule has 1 atom stereocenters. The highest BCUT2D eigenvalue weighted by Crippen LogP contribution is 2.36. The Bertz CT molecular complexity index is 576. The van der Waals surface area contributed by atoms with Gasteiger partial charge in [-0.2, -0.15) is 0 Å². The van der Waals surface area contributed by atoms with Gasteiger partial charge in [-0.25, -0.2) is 0 Å². The summed E-state index contributed by atoms with van der Waals surface area (Å²) in [6.45, 7) is 4.37. The second kappa shape index (κ2) is 3.89. The van der Waals surface area contributed by atoms with Crippen LogP contribution < -0.4 is 0 Å². The van der Waals surface area contributed by atoms with E-state index >= 15 is 0 Å². The molecule has 0 amide bonds. The third kappa shape index (κ3) is 1.70. The maximum absolute atomic E-state index is 2.34. The molecular weight excluding hydrogens is 204 g/mol. The van der Waals surface area contributed by atoms with Crippen molar-refractivity contribution in [1.82, 2.24) is 0 Å². The van der Waals surface area contributed by atoms with Gasteiger partial charge in [0.05, 0.1) is 0 Å². The van der Waals surface area contributed by atoms with Gasteiger partial charge >= 0.3 is 0 Å². The maximum atomic E-state index is 2.34. The monoisotopic (exact) mass is 220 g/mol. The number of aryl methyl sites for hydroxylation is 2. The number of rotatable bonds is 1. The number of fused-ring (bicyclic) bond motifs is 1. The zero-order chi connectivity index (χ0) is 11.8. The normalized spacial score (nSPS) is 17.2. The fraction of sp³-hybridized carbons (Fsp3) is 0.176. The molecule has 1 aliphatic carbocycles. The van der Waals surface area contributed by atoms with E-state index in [0.29, 0.717) is 5.92 Å². The Morgan fingerprint density at radius 3 is 2.35 bits per heavy atom. The van der Waals surface area contributed by atoms with E-state index in [1.54, 1.807) is 0 Å². The molecule has 0 N–H and O–H groups in total. The van der Waals surface area contributed by atoms with Crippen molar-refractivity contribution in [3.05, 3.63) is 76.4 Å². The standard InChI is InChI=1S/C17H16/c1-12-10-15-8-9-16(17(15)11-13(12)2)14-6-4-3-5-7-14/h3-11,16H,1-2H3. The Hall–Kier alpha value is -1.82. The van der Waals surface area contributed by atoms with Gasteiger partial charge in [-0.1, -0.05) is 54.6 Å². The molecule has 0 radical (unpaired) electrons. The average Bonchev–Trinajstić information content (AvgIpc) is 2.74. The van der Waals surface area contributed by atoms with Gasteiger partial charge in [0.2, 0.25) is 0 Å². The van der Waals surface area contributed by atoms with Crippen LogP contribution in [0.4, 0.5) is 0 Å². The molecule has 0 saturated carbocycles. The second-order valence-electron chi connectivity index (χ2n) is 4.81. The van der Waals surface area contributed by atoms with Crippen LogP contribution in [0.5, 0.6) is 0 Å². The summed E-state index contributed by atoms with van der Waals surface area (Å²) in [6.07, 6.45) is 4.55. The van der Waals surface area contributed by atoms with Crippen LogP contribution in [0, 0.1) is 13.8 Å². The minimum absolute atomic E-state index is 0.436. The van der Waals surface area contributed by atoms with Crippen LogP contribution in [-0.4, -0.2) is 0 Å². The summed E-state index contributed by atoms with van der Waals surface area (Å²) in [5.74, 6) is 0.436. The fourth-order valence-electron chi connectivity index (χ4n) is 2.53. The molecule has 0 aliphatic heterocycles. The first-order chi connectivity index (χ1) is 8.25. The van der Waals surface area contributed by atoms with Gasteiger partial charge in [0.1, 0.15) is 0 Å². The van der Waals surface area contributed by atoms with Crippen LogP contribution in [0.3, 0.4) is 0 Å². The summed E-state index contributed by atoms with van der Waals surface area (Å²) in [5.41, 5.74) is 6.96. The lowest BCUT2D eigenvalue weighted by atomic mass is 9.91. The lowest BCUT2D eigenvalue weighted by Crippen LogP contribution is -1.97. The summed E-state index contributed by atoms with van der Waals surface area (Å²) in [7, 11) is 0. The zero-order valence-electron chi connectivity index (χ0n) is 10.3. The molecule has 84 valence electrons. The van der Waals surface area contributed by atoms with Crippen LogP contribution in [-0.2, 0) is 0 Å². The molecule has 3 rings (SSSR count). The summed E-state index contributed by atoms with van der Waals surface area (Å²) in [5, 5.41) is 0. The molecule has 1 unspecified atom stereocenters. The van der Waals surface area contributed by atoms with E-state index in [2.05, 4.69) is 68.5 Å². The van der Waals surface area contributed by atoms with Crippen LogP contribution in [0.1, 0.15) is 33.7 Å². The Morgan fingerprint density at radius 2 is 1.59 bits per heavy atom. The Balaban J connectivity index is 2.11. The van der Waals surface area contributed by atoms with Crippen molar-refractivity contribution < 1.29 is 0 Å². The molecule has 0 aromatic heterocycles. The SMILES string of the molecule is Cc1cc2c(cc1C)C(c1ccccc1)C=C2. The molecule has 2 aromatic carbocycles. The molecule has 0 fully saturated rings. The Kier molecular flexibility index (Phi) is 2.36. The number of hydrogen-bond acceptors (Lipinski definition) is 0. The maximum Gasteiger partial charge on any atom is 0.0278 e. The minimum Gasteiger partial charge on any atom is -0.0720 e. The molecule has 0 bridgehead atoms. The summed E-state index contributed by atoms with van der Waals surface area (Å²) >= 11 is 0. The predicted molar refractivity (Wildman–Crippen MR) is 73.2 cm³/mol. The molecule has 17 heavy (non-hydrogen) atoms. The first kappa shape index (κ1) is 10.3. The Labute approximate surface area is 103 Å². The third-order valence-electron chi connectivity index (χ3n) is 3.66. The van der Waals surface area contributed by atoms with Gasteiger partial charge < -0.3 is 0 Å². The minimum atomic E-state index is 0.436. The zero-order valence-corrected chi connectivity index (χ0v) is 10.3. The van der Waals surface area contributed by atoms with Crippen molar-refractivity contribution in [2.75, 3.05) is 0 Å². The van der Waals surface area contributed by atoms with Crippen molar-refractivity contribution in [3.8, 4) is 0 Å². The van der Waals surface area contributed by atoms with Gasteiger partial charge in [0.25, 0.3) is 0 Å². The average molecular weight is 220 g/mol. The molecule has 0 spiro atoms. The van der Waals surface area contributed by atoms with Crippen molar-refractivity contribution in [1.29, 1.82) is 0 Å². The van der Waals surface area contributed by atoms with E-state index < -0.39 is 0 Å². The van der Waals surface area contributed by atoms with Crippen LogP contribution >= 0.6 is 0 Å². The van der Waals surface area contributed by atoms with E-state index in [-0.39, 0.29) is 0 Å². The van der Waals surface area contributed by atoms with Gasteiger partial charge in [0.15, 0.2) is 0 Å². The quantitative estimate of drug-likeness (QED) is 0.665. The number of hydrogen-bond donors (Lipinski definition) is 0. The van der Waals surface area contributed by atoms with Crippen molar-refractivity contribution in [2.24, 2.45) is 0 Å². The fourth-order valence-corrected chi connectivity index (χ4v) is 2.53. The highest BCUT2D eigenvalue weighted by atomic mass is 14.2. The molecule has 1 aliphatic rings. The number of benzene rings is 2. The second-order valence-corrected chi connectivity index (χ2v) is 4.81. The Morgan fingerprint density at radius 1 is 0.882 bits per heavy atom. The van der Waals surface area contributed by atoms with E-state index in [9.17, 15) is 0 Å². The topological polar surface area (TPSA) is 0 Å². The molecule has 0 heterocycles. The smallest absolute Gasteiger partial charge is 0.0278 e. The van der Waals surface area contributed by atoms with E-state index in [4.69, 9.17) is 0 Å². The van der Waals surface area contributed by atoms with Gasteiger partial charge in [0, 0.05) is 5.92 Å². The summed E-state index contributed by atoms with van der Waals surface area (Å²) in [6, 6.07) is 15.3. The number of allylic oxidation sites excluding steroid dienone is 1. The highest BCUT2D eigenvalue weighted by molar-refractivity contribution is 5.66. The van der Waals surface area contributed by atoms with Crippen LogP contribution in [0.2, 0.25) is 0 Å². The lowest BCUT2D eigenvalue weighted by Gasteiger charge is -2.13. The first-order valence-electron chi connectivity index (χ1n) is 6.10. The third-order valence-corrected chi connectivity index (χ3v) is 3.66. The van der Waals surface area contributed by atoms with E-state index in [1.165, 1.54) is 27.8 Å². The van der Waals surface area contributed by atoms with E-state index in [0.717, 1.165) is 0 Å². The molecule has 0 saturated heterocycles. The molecule has 0 nitrogen and oxygen atoms in total. The van der Waals surface area contributed by atoms with Gasteiger partial charge in [-0.3, -0.25) is 0 Å². The summed E-state index contributed by atoms with van der Waals surface area (Å²) in [4.78, 5) is 0. The molecule has 0 heteroatoms. The lowest BCUT2D eigenvalue weighted by molar-refractivity contribution is 1.04. The van der Waals surface area contributed by atoms with Crippen LogP contribution in [0.15, 0.2) is 48.5 Å². The first-order valence-corrected chi connectivity index (χ1v) is 6.10. The summed E-state index contributed by atoms with van der Waals surface area (Å²) < 4.78 is 0. The predicted octanol–water partition coefficient (Wildman–Crippen LogP) is 4.46. The largest absolute Gasteiger partial charge is 0.0720 e. The molecule has 2 aromatic rings. The molecular formula is C17H16. The highest BCUT2D eigenvalue weighted by Gasteiger charge is 2.19. The van der Waals surface area contributed by atoms with Crippen molar-refractivity contribution in [2.45, 2.75) is 19.8 Å². The van der Waals surface area contributed by atoms with Gasteiger partial charge in [-0.15, -0.1) is 0 Å². The van der Waals surface area contributed by atoms with Gasteiger partial charge in [-0.05, 0) is 41.7 Å². The van der Waals surface area contributed by atoms with E-state index in [1.807, 2.05) is 0 Å². The van der Waals surface area contributed by atoms with Crippen molar-refractivity contribution in [3.63, 3.8) is 0 Å².